The van der Waals surface area contributed by atoms with Gasteiger partial charge in [0.1, 0.15) is 5.84 Å². The molecule has 1 aromatic heterocycles. The van der Waals surface area contributed by atoms with E-state index in [1.54, 1.807) is 0 Å². The molecule has 118 valence electrons. The summed E-state index contributed by atoms with van der Waals surface area (Å²) in [7, 11) is 0. The maximum Gasteiger partial charge on any atom is 0.140 e. The number of nitrogens with zero attached hydrogens (tertiary/aromatic N) is 4. The van der Waals surface area contributed by atoms with Crippen molar-refractivity contribution in [1.82, 2.24) is 14.7 Å². The molecule has 0 radical (unpaired) electrons. The Balaban J connectivity index is 1.87. The summed E-state index contributed by atoms with van der Waals surface area (Å²) in [5.41, 5.74) is 6.62. The fourth-order valence-electron chi connectivity index (χ4n) is 2.91. The van der Waals surface area contributed by atoms with E-state index in [1.807, 2.05) is 0 Å². The normalized spacial score (nSPS) is 17.5. The SMILES string of the molecule is CCN(CCC(N)=NO)Cc1ccn(C2CCCCC2)n1. The average Bonchev–Trinajstić information content (AvgIpc) is 3.00. The van der Waals surface area contributed by atoms with Crippen LogP contribution in [0.25, 0.3) is 0 Å². The third-order valence-electron chi connectivity index (χ3n) is 4.26. The van der Waals surface area contributed by atoms with Gasteiger partial charge in [-0.2, -0.15) is 5.10 Å². The summed E-state index contributed by atoms with van der Waals surface area (Å²) in [5, 5.41) is 16.3. The maximum atomic E-state index is 8.59. The predicted molar refractivity (Wildman–Crippen MR) is 83.3 cm³/mol. The molecule has 0 saturated heterocycles. The summed E-state index contributed by atoms with van der Waals surface area (Å²) < 4.78 is 2.14. The van der Waals surface area contributed by atoms with Gasteiger partial charge in [0.15, 0.2) is 0 Å². The van der Waals surface area contributed by atoms with Crippen LogP contribution in [-0.4, -0.2) is 38.8 Å². The van der Waals surface area contributed by atoms with Crippen LogP contribution in [0.4, 0.5) is 0 Å². The Labute approximate surface area is 126 Å². The van der Waals surface area contributed by atoms with Gasteiger partial charge in [-0.3, -0.25) is 9.58 Å². The molecule has 0 aliphatic heterocycles. The fourth-order valence-corrected chi connectivity index (χ4v) is 2.91. The first-order valence-corrected chi connectivity index (χ1v) is 7.95. The second kappa shape index (κ2) is 8.02. The molecular weight excluding hydrogens is 266 g/mol. The number of rotatable bonds is 7. The highest BCUT2D eigenvalue weighted by Crippen LogP contribution is 2.27. The second-order valence-corrected chi connectivity index (χ2v) is 5.79. The molecule has 1 heterocycles. The molecule has 0 amide bonds. The first-order chi connectivity index (χ1) is 10.2. The highest BCUT2D eigenvalue weighted by atomic mass is 16.4. The van der Waals surface area contributed by atoms with Crippen molar-refractivity contribution in [1.29, 1.82) is 0 Å². The Kier molecular flexibility index (Phi) is 6.04. The van der Waals surface area contributed by atoms with Gasteiger partial charge < -0.3 is 10.9 Å². The quantitative estimate of drug-likeness (QED) is 0.350. The van der Waals surface area contributed by atoms with E-state index in [2.05, 4.69) is 33.9 Å². The summed E-state index contributed by atoms with van der Waals surface area (Å²) in [4.78, 5) is 2.26. The largest absolute Gasteiger partial charge is 0.409 e. The molecule has 21 heavy (non-hydrogen) atoms. The third kappa shape index (κ3) is 4.74. The highest BCUT2D eigenvalue weighted by Gasteiger charge is 2.16. The van der Waals surface area contributed by atoms with Gasteiger partial charge in [-0.25, -0.2) is 0 Å². The van der Waals surface area contributed by atoms with Crippen LogP contribution in [0.15, 0.2) is 17.4 Å². The lowest BCUT2D eigenvalue weighted by Gasteiger charge is -2.22. The molecule has 1 fully saturated rings. The molecule has 0 unspecified atom stereocenters. The summed E-state index contributed by atoms with van der Waals surface area (Å²) in [5.74, 6) is 0.279. The molecule has 3 N–H and O–H groups in total. The monoisotopic (exact) mass is 293 g/mol. The summed E-state index contributed by atoms with van der Waals surface area (Å²) in [6, 6.07) is 2.69. The molecule has 0 bridgehead atoms. The number of aromatic nitrogens is 2. The van der Waals surface area contributed by atoms with Crippen molar-refractivity contribution in [3.05, 3.63) is 18.0 Å². The van der Waals surface area contributed by atoms with Crippen molar-refractivity contribution in [3.8, 4) is 0 Å². The van der Waals surface area contributed by atoms with Gasteiger partial charge in [-0.05, 0) is 25.5 Å². The topological polar surface area (TPSA) is 79.7 Å². The Morgan fingerprint density at radius 3 is 2.90 bits per heavy atom. The van der Waals surface area contributed by atoms with Gasteiger partial charge >= 0.3 is 0 Å². The van der Waals surface area contributed by atoms with Gasteiger partial charge in [-0.1, -0.05) is 31.3 Å². The van der Waals surface area contributed by atoms with E-state index in [9.17, 15) is 0 Å². The van der Waals surface area contributed by atoms with E-state index >= 15 is 0 Å². The first kappa shape index (κ1) is 15.8. The molecule has 1 saturated carbocycles. The van der Waals surface area contributed by atoms with Crippen molar-refractivity contribution >= 4 is 5.84 Å². The van der Waals surface area contributed by atoms with Gasteiger partial charge in [0, 0.05) is 25.7 Å². The zero-order chi connectivity index (χ0) is 15.1. The fraction of sp³-hybridized carbons (Fsp3) is 0.733. The minimum Gasteiger partial charge on any atom is -0.409 e. The minimum absolute atomic E-state index is 0.279. The van der Waals surface area contributed by atoms with Crippen molar-refractivity contribution < 1.29 is 5.21 Å². The van der Waals surface area contributed by atoms with Crippen LogP contribution in [0.5, 0.6) is 0 Å². The molecule has 1 aliphatic carbocycles. The zero-order valence-corrected chi connectivity index (χ0v) is 12.9. The minimum atomic E-state index is 0.279. The Morgan fingerprint density at radius 2 is 2.24 bits per heavy atom. The van der Waals surface area contributed by atoms with E-state index in [0.717, 1.165) is 25.3 Å². The highest BCUT2D eigenvalue weighted by molar-refractivity contribution is 5.79. The molecule has 6 nitrogen and oxygen atoms in total. The van der Waals surface area contributed by atoms with E-state index in [1.165, 1.54) is 32.1 Å². The van der Waals surface area contributed by atoms with Crippen molar-refractivity contribution in [3.63, 3.8) is 0 Å². The average molecular weight is 293 g/mol. The van der Waals surface area contributed by atoms with Gasteiger partial charge in [0.25, 0.3) is 0 Å². The molecule has 0 aromatic carbocycles. The molecule has 2 rings (SSSR count). The Hall–Kier alpha value is -1.56. The molecule has 6 heteroatoms. The lowest BCUT2D eigenvalue weighted by molar-refractivity contribution is 0.275. The first-order valence-electron chi connectivity index (χ1n) is 7.95. The molecule has 1 aromatic rings. The predicted octanol–water partition coefficient (Wildman–Crippen LogP) is 2.35. The smallest absolute Gasteiger partial charge is 0.140 e. The third-order valence-corrected chi connectivity index (χ3v) is 4.26. The molecular formula is C15H27N5O. The van der Waals surface area contributed by atoms with Crippen LogP contribution in [0.3, 0.4) is 0 Å². The number of nitrogens with two attached hydrogens (primary N) is 1. The summed E-state index contributed by atoms with van der Waals surface area (Å²) in [6.07, 6.45) is 9.20. The molecule has 0 atom stereocenters. The summed E-state index contributed by atoms with van der Waals surface area (Å²) in [6.45, 7) is 4.64. The van der Waals surface area contributed by atoms with Gasteiger partial charge in [0.05, 0.1) is 11.7 Å². The van der Waals surface area contributed by atoms with Crippen molar-refractivity contribution in [2.75, 3.05) is 13.1 Å². The van der Waals surface area contributed by atoms with Crippen molar-refractivity contribution in [2.24, 2.45) is 10.9 Å². The van der Waals surface area contributed by atoms with Gasteiger partial charge in [-0.15, -0.1) is 0 Å². The number of amidine groups is 1. The number of oxime groups is 1. The van der Waals surface area contributed by atoms with Crippen LogP contribution < -0.4 is 5.73 Å². The van der Waals surface area contributed by atoms with E-state index < -0.39 is 0 Å². The lowest BCUT2D eigenvalue weighted by Crippen LogP contribution is -2.28. The van der Waals surface area contributed by atoms with E-state index in [-0.39, 0.29) is 5.84 Å². The van der Waals surface area contributed by atoms with E-state index in [0.29, 0.717) is 12.5 Å². The Morgan fingerprint density at radius 1 is 1.48 bits per heavy atom. The van der Waals surface area contributed by atoms with Crippen LogP contribution in [0, 0.1) is 0 Å². The number of hydrogen-bond acceptors (Lipinski definition) is 4. The van der Waals surface area contributed by atoms with Crippen LogP contribution in [-0.2, 0) is 6.54 Å². The van der Waals surface area contributed by atoms with Crippen LogP contribution in [0.2, 0.25) is 0 Å². The zero-order valence-electron chi connectivity index (χ0n) is 12.9. The van der Waals surface area contributed by atoms with Crippen LogP contribution >= 0.6 is 0 Å². The maximum absolute atomic E-state index is 8.59. The molecule has 0 spiro atoms. The lowest BCUT2D eigenvalue weighted by atomic mass is 9.96. The van der Waals surface area contributed by atoms with E-state index in [4.69, 9.17) is 16.0 Å². The summed E-state index contributed by atoms with van der Waals surface area (Å²) >= 11 is 0. The number of hydrogen-bond donors (Lipinski definition) is 2. The molecule has 1 aliphatic rings. The standard InChI is InChI=1S/C15H27N5O/c1-2-19(10-9-15(16)18-21)12-13-8-11-20(17-13)14-6-4-3-5-7-14/h8,11,14,21H,2-7,9-10,12H2,1H3,(H2,16,18). The second-order valence-electron chi connectivity index (χ2n) is 5.79. The van der Waals surface area contributed by atoms with Gasteiger partial charge in [0.2, 0.25) is 0 Å². The Bertz CT molecular complexity index is 451. The van der Waals surface area contributed by atoms with Crippen LogP contribution in [0.1, 0.15) is 57.2 Å². The van der Waals surface area contributed by atoms with Crippen molar-refractivity contribution in [2.45, 2.75) is 58.0 Å².